The summed E-state index contributed by atoms with van der Waals surface area (Å²) in [4.78, 5) is 12.8. The third kappa shape index (κ3) is 1.89. The first-order valence-electron chi connectivity index (χ1n) is 6.49. The van der Waals surface area contributed by atoms with Crippen LogP contribution in [0.2, 0.25) is 5.02 Å². The number of methoxy groups -OCH3 is 2. The Kier molecular flexibility index (Phi) is 3.37. The number of ether oxygens (including phenoxy) is 2. The first kappa shape index (κ1) is 14.5. The van der Waals surface area contributed by atoms with Crippen LogP contribution in [0, 0.1) is 6.92 Å². The van der Waals surface area contributed by atoms with Crippen LogP contribution in [-0.2, 0) is 0 Å². The van der Waals surface area contributed by atoms with Gasteiger partial charge in [-0.15, -0.1) is 0 Å². The second kappa shape index (κ2) is 5.10. The molecule has 3 rings (SSSR count). The van der Waals surface area contributed by atoms with Gasteiger partial charge in [-0.2, -0.15) is 0 Å². The molecule has 5 nitrogen and oxygen atoms in total. The van der Waals surface area contributed by atoms with Crippen molar-refractivity contribution >= 4 is 33.5 Å². The topological polar surface area (TPSA) is 68.9 Å². The highest BCUT2D eigenvalue weighted by Gasteiger charge is 2.21. The molecule has 1 aromatic heterocycles. The van der Waals surface area contributed by atoms with E-state index >= 15 is 0 Å². The summed E-state index contributed by atoms with van der Waals surface area (Å²) < 4.78 is 16.4. The zero-order valence-corrected chi connectivity index (χ0v) is 12.9. The molecule has 0 saturated heterocycles. The minimum atomic E-state index is -0.425. The normalized spacial score (nSPS) is 11.1. The molecule has 0 spiro atoms. The van der Waals surface area contributed by atoms with Crippen LogP contribution in [0.5, 0.6) is 17.2 Å². The molecule has 6 heteroatoms. The summed E-state index contributed by atoms with van der Waals surface area (Å²) >= 11 is 5.88. The Bertz CT molecular complexity index is 959. The fourth-order valence-electron chi connectivity index (χ4n) is 2.55. The van der Waals surface area contributed by atoms with Crippen LogP contribution in [0.25, 0.3) is 21.9 Å². The van der Waals surface area contributed by atoms with Crippen molar-refractivity contribution in [1.29, 1.82) is 0 Å². The quantitative estimate of drug-likeness (QED) is 0.730. The number of hydrogen-bond acceptors (Lipinski definition) is 5. The van der Waals surface area contributed by atoms with Gasteiger partial charge >= 0.3 is 0 Å². The highest BCUT2D eigenvalue weighted by Crippen LogP contribution is 2.39. The van der Waals surface area contributed by atoms with E-state index in [0.29, 0.717) is 11.5 Å². The van der Waals surface area contributed by atoms with Crippen molar-refractivity contribution in [2.75, 3.05) is 14.2 Å². The predicted molar refractivity (Wildman–Crippen MR) is 84.5 cm³/mol. The maximum absolute atomic E-state index is 12.8. The van der Waals surface area contributed by atoms with Gasteiger partial charge in [0, 0.05) is 0 Å². The summed E-state index contributed by atoms with van der Waals surface area (Å²) in [5.74, 6) is 0.490. The standard InChI is InChI=1S/C16H13ClO5/c1-7-6-10(20-2)12-14(19)11-9(5-4-8(17)13(11)18)22-16(12)15(7)21-3/h4-6,18H,1-3H3. The van der Waals surface area contributed by atoms with Gasteiger partial charge in [-0.3, -0.25) is 4.79 Å². The van der Waals surface area contributed by atoms with E-state index in [4.69, 9.17) is 25.5 Å². The molecular formula is C16H13ClO5. The van der Waals surface area contributed by atoms with Crippen LogP contribution < -0.4 is 14.9 Å². The monoisotopic (exact) mass is 320 g/mol. The number of phenols is 1. The summed E-state index contributed by atoms with van der Waals surface area (Å²) in [5, 5.41) is 10.4. The third-order valence-electron chi connectivity index (χ3n) is 3.57. The summed E-state index contributed by atoms with van der Waals surface area (Å²) in [6, 6.07) is 4.69. The molecule has 0 fully saturated rings. The number of aromatic hydroxyl groups is 1. The average molecular weight is 321 g/mol. The number of halogens is 1. The fourth-order valence-corrected chi connectivity index (χ4v) is 2.71. The average Bonchev–Trinajstić information content (AvgIpc) is 2.50. The van der Waals surface area contributed by atoms with Crippen LogP contribution in [0.15, 0.2) is 27.4 Å². The Morgan fingerprint density at radius 2 is 1.91 bits per heavy atom. The number of aryl methyl sites for hydroxylation is 1. The van der Waals surface area contributed by atoms with E-state index in [1.807, 2.05) is 6.92 Å². The van der Waals surface area contributed by atoms with E-state index in [2.05, 4.69) is 0 Å². The smallest absolute Gasteiger partial charge is 0.208 e. The van der Waals surface area contributed by atoms with Crippen molar-refractivity contribution in [2.45, 2.75) is 6.92 Å². The molecule has 1 heterocycles. The van der Waals surface area contributed by atoms with Gasteiger partial charge in [0.2, 0.25) is 5.43 Å². The second-order valence-corrected chi connectivity index (χ2v) is 5.24. The van der Waals surface area contributed by atoms with Gasteiger partial charge in [0.05, 0.1) is 19.2 Å². The minimum Gasteiger partial charge on any atom is -0.505 e. The summed E-state index contributed by atoms with van der Waals surface area (Å²) in [6.45, 7) is 1.82. The van der Waals surface area contributed by atoms with Crippen LogP contribution in [-0.4, -0.2) is 19.3 Å². The number of hydrogen-bond donors (Lipinski definition) is 1. The van der Waals surface area contributed by atoms with Crippen LogP contribution >= 0.6 is 11.6 Å². The molecule has 1 N–H and O–H groups in total. The first-order valence-corrected chi connectivity index (χ1v) is 6.87. The Morgan fingerprint density at radius 1 is 1.18 bits per heavy atom. The molecule has 2 aromatic carbocycles. The lowest BCUT2D eigenvalue weighted by Crippen LogP contribution is -2.06. The molecule has 0 atom stereocenters. The Labute approximate surface area is 130 Å². The van der Waals surface area contributed by atoms with E-state index in [-0.39, 0.29) is 32.7 Å². The van der Waals surface area contributed by atoms with Crippen molar-refractivity contribution < 1.29 is 19.0 Å². The van der Waals surface area contributed by atoms with Crippen molar-refractivity contribution in [1.82, 2.24) is 0 Å². The number of phenolic OH excluding ortho intramolecular Hbond substituents is 1. The summed E-state index contributed by atoms with van der Waals surface area (Å²) in [5.41, 5.74) is 0.850. The van der Waals surface area contributed by atoms with Crippen LogP contribution in [0.3, 0.4) is 0 Å². The zero-order valence-electron chi connectivity index (χ0n) is 12.2. The summed E-state index contributed by atoms with van der Waals surface area (Å²) in [7, 11) is 2.96. The third-order valence-corrected chi connectivity index (χ3v) is 3.87. The first-order chi connectivity index (χ1) is 10.5. The van der Waals surface area contributed by atoms with Crippen molar-refractivity contribution in [2.24, 2.45) is 0 Å². The van der Waals surface area contributed by atoms with Gasteiger partial charge in [-0.05, 0) is 30.7 Å². The maximum Gasteiger partial charge on any atom is 0.208 e. The van der Waals surface area contributed by atoms with E-state index in [0.717, 1.165) is 5.56 Å². The number of rotatable bonds is 2. The van der Waals surface area contributed by atoms with Gasteiger partial charge in [0.15, 0.2) is 11.3 Å². The Morgan fingerprint density at radius 3 is 2.55 bits per heavy atom. The molecule has 0 unspecified atom stereocenters. The van der Waals surface area contributed by atoms with E-state index < -0.39 is 5.43 Å². The Hall–Kier alpha value is -2.40. The molecule has 3 aromatic rings. The molecule has 0 amide bonds. The van der Waals surface area contributed by atoms with Crippen molar-refractivity contribution in [3.8, 4) is 17.2 Å². The lowest BCUT2D eigenvalue weighted by atomic mass is 10.1. The van der Waals surface area contributed by atoms with E-state index in [1.165, 1.54) is 26.4 Å². The molecule has 22 heavy (non-hydrogen) atoms. The largest absolute Gasteiger partial charge is 0.505 e. The fraction of sp³-hybridized carbons (Fsp3) is 0.188. The van der Waals surface area contributed by atoms with Crippen molar-refractivity contribution in [3.63, 3.8) is 0 Å². The van der Waals surface area contributed by atoms with E-state index in [1.54, 1.807) is 6.07 Å². The molecule has 0 bridgehead atoms. The van der Waals surface area contributed by atoms with Gasteiger partial charge in [0.25, 0.3) is 0 Å². The molecule has 0 aliphatic rings. The highest BCUT2D eigenvalue weighted by molar-refractivity contribution is 6.33. The van der Waals surface area contributed by atoms with Gasteiger partial charge in [-0.1, -0.05) is 11.6 Å². The number of fused-ring (bicyclic) bond motifs is 2. The van der Waals surface area contributed by atoms with Crippen LogP contribution in [0.1, 0.15) is 5.56 Å². The predicted octanol–water partition coefficient (Wildman–Crippen LogP) is 3.63. The molecule has 114 valence electrons. The molecule has 0 radical (unpaired) electrons. The molecule has 0 aliphatic carbocycles. The highest BCUT2D eigenvalue weighted by atomic mass is 35.5. The molecular weight excluding hydrogens is 308 g/mol. The Balaban J connectivity index is 2.65. The maximum atomic E-state index is 12.8. The second-order valence-electron chi connectivity index (χ2n) is 4.83. The SMILES string of the molecule is COc1c(C)cc(OC)c2c(=O)c3c(O)c(Cl)ccc3oc12. The lowest BCUT2D eigenvalue weighted by molar-refractivity contribution is 0.400. The van der Waals surface area contributed by atoms with Crippen molar-refractivity contribution in [3.05, 3.63) is 39.0 Å². The van der Waals surface area contributed by atoms with Gasteiger partial charge in [0.1, 0.15) is 27.9 Å². The van der Waals surface area contributed by atoms with Gasteiger partial charge in [-0.25, -0.2) is 0 Å². The molecule has 0 saturated carbocycles. The van der Waals surface area contributed by atoms with Crippen LogP contribution in [0.4, 0.5) is 0 Å². The summed E-state index contributed by atoms with van der Waals surface area (Å²) in [6.07, 6.45) is 0. The zero-order chi connectivity index (χ0) is 16.0. The minimum absolute atomic E-state index is 0.0178. The number of benzene rings is 2. The lowest BCUT2D eigenvalue weighted by Gasteiger charge is -2.12. The van der Waals surface area contributed by atoms with E-state index in [9.17, 15) is 9.90 Å². The van der Waals surface area contributed by atoms with Gasteiger partial charge < -0.3 is 19.0 Å². The molecule has 0 aliphatic heterocycles.